The smallest absolute Gasteiger partial charge is 0.338 e. The van der Waals surface area contributed by atoms with Gasteiger partial charge in [0.25, 0.3) is 0 Å². The molecule has 2 rings (SSSR count). The first-order chi connectivity index (χ1) is 11.6. The molecule has 134 valence electrons. The van der Waals surface area contributed by atoms with Crippen LogP contribution >= 0.6 is 11.6 Å². The van der Waals surface area contributed by atoms with Crippen molar-refractivity contribution < 1.29 is 18.6 Å². The summed E-state index contributed by atoms with van der Waals surface area (Å²) in [4.78, 5) is 12.1. The van der Waals surface area contributed by atoms with Gasteiger partial charge in [0.05, 0.1) is 23.9 Å². The minimum Gasteiger partial charge on any atom is -0.591 e. The number of rotatable bonds is 4. The van der Waals surface area contributed by atoms with Crippen LogP contribution in [0.4, 0.5) is 0 Å². The second kappa shape index (κ2) is 7.59. The van der Waals surface area contributed by atoms with Crippen LogP contribution in [0.1, 0.15) is 42.6 Å². The highest BCUT2D eigenvalue weighted by Crippen LogP contribution is 2.32. The van der Waals surface area contributed by atoms with Gasteiger partial charge in [0.2, 0.25) is 0 Å². The summed E-state index contributed by atoms with van der Waals surface area (Å²) in [6, 6.07) is 4.86. The largest absolute Gasteiger partial charge is 0.591 e. The van der Waals surface area contributed by atoms with E-state index in [4.69, 9.17) is 20.9 Å². The summed E-state index contributed by atoms with van der Waals surface area (Å²) in [5.41, 5.74) is 1.98. The summed E-state index contributed by atoms with van der Waals surface area (Å²) < 4.78 is 25.8. The molecule has 0 saturated carbocycles. The van der Waals surface area contributed by atoms with Crippen molar-refractivity contribution in [3.05, 3.63) is 40.2 Å². The highest BCUT2D eigenvalue weighted by Gasteiger charge is 2.27. The van der Waals surface area contributed by atoms with Gasteiger partial charge in [0.1, 0.15) is 22.3 Å². The summed E-state index contributed by atoms with van der Waals surface area (Å²) in [5, 5.41) is 4.34. The molecule has 0 aliphatic carbocycles. The number of carbonyl (C=O) groups is 1. The molecule has 0 fully saturated rings. The van der Waals surface area contributed by atoms with Gasteiger partial charge in [-0.15, -0.1) is 0 Å². The van der Waals surface area contributed by atoms with E-state index in [2.05, 4.69) is 9.55 Å². The molecule has 1 aromatic heterocycles. The molecule has 0 aliphatic rings. The number of nitrogens with zero attached hydrogens (tertiary/aromatic N) is 2. The van der Waals surface area contributed by atoms with Crippen LogP contribution in [-0.4, -0.2) is 33.8 Å². The van der Waals surface area contributed by atoms with E-state index >= 15 is 0 Å². The lowest BCUT2D eigenvalue weighted by atomic mass is 9.98. The normalized spacial score (nSPS) is 13.2. The van der Waals surface area contributed by atoms with E-state index in [1.807, 2.05) is 20.8 Å². The van der Waals surface area contributed by atoms with Gasteiger partial charge >= 0.3 is 5.97 Å². The van der Waals surface area contributed by atoms with Gasteiger partial charge in [-0.25, -0.2) is 4.79 Å². The zero-order valence-corrected chi connectivity index (χ0v) is 16.2. The minimum absolute atomic E-state index is 0.285. The van der Waals surface area contributed by atoms with Crippen molar-refractivity contribution in [1.82, 2.24) is 5.16 Å². The van der Waals surface area contributed by atoms with Crippen molar-refractivity contribution in [3.8, 4) is 11.1 Å². The summed E-state index contributed by atoms with van der Waals surface area (Å²) in [6.45, 7) is 7.21. The van der Waals surface area contributed by atoms with Crippen molar-refractivity contribution in [2.75, 3.05) is 7.11 Å². The lowest BCUT2D eigenvalue weighted by molar-refractivity contribution is 0.0601. The van der Waals surface area contributed by atoms with Crippen LogP contribution < -0.4 is 0 Å². The topological polar surface area (TPSA) is 87.8 Å². The van der Waals surface area contributed by atoms with E-state index in [1.165, 1.54) is 19.4 Å². The van der Waals surface area contributed by atoms with Crippen molar-refractivity contribution in [2.45, 2.75) is 32.4 Å². The average molecular weight is 383 g/mol. The molecule has 1 atom stereocenters. The highest BCUT2D eigenvalue weighted by atomic mass is 35.5. The fourth-order valence-electron chi connectivity index (χ4n) is 2.07. The van der Waals surface area contributed by atoms with Crippen LogP contribution in [0, 0.1) is 6.92 Å². The van der Waals surface area contributed by atoms with E-state index in [0.717, 1.165) is 0 Å². The number of aryl methyl sites for hydroxylation is 1. The molecular weight excluding hydrogens is 364 g/mol. The first kappa shape index (κ1) is 19.5. The van der Waals surface area contributed by atoms with Crippen LogP contribution in [0.2, 0.25) is 5.02 Å². The molecule has 0 spiro atoms. The number of benzene rings is 1. The van der Waals surface area contributed by atoms with Gasteiger partial charge in [0.15, 0.2) is 5.76 Å². The molecule has 0 saturated heterocycles. The number of ether oxygens (including phenoxy) is 1. The molecule has 0 bridgehead atoms. The Morgan fingerprint density at radius 2 is 2.12 bits per heavy atom. The molecule has 6 nitrogen and oxygen atoms in total. The Hall–Kier alpha value is -1.83. The maximum absolute atomic E-state index is 12.1. The first-order valence-electron chi connectivity index (χ1n) is 7.45. The number of carbonyl (C=O) groups excluding carboxylic acids is 1. The molecule has 0 unspecified atom stereocenters. The quantitative estimate of drug-likeness (QED) is 0.453. The number of esters is 1. The van der Waals surface area contributed by atoms with E-state index in [1.54, 1.807) is 19.1 Å². The van der Waals surface area contributed by atoms with Crippen molar-refractivity contribution in [3.63, 3.8) is 0 Å². The van der Waals surface area contributed by atoms with E-state index in [0.29, 0.717) is 27.6 Å². The third kappa shape index (κ3) is 4.42. The second-order valence-corrected chi connectivity index (χ2v) is 8.66. The van der Waals surface area contributed by atoms with Crippen molar-refractivity contribution in [1.29, 1.82) is 0 Å². The Kier molecular flexibility index (Phi) is 5.92. The lowest BCUT2D eigenvalue weighted by Crippen LogP contribution is -2.25. The van der Waals surface area contributed by atoms with Crippen molar-refractivity contribution >= 4 is 35.1 Å². The van der Waals surface area contributed by atoms with Gasteiger partial charge in [-0.3, -0.25) is 0 Å². The molecule has 1 aromatic carbocycles. The third-order valence-corrected chi connectivity index (χ3v) is 4.91. The Labute approximate surface area is 154 Å². The predicted molar refractivity (Wildman–Crippen MR) is 98.5 cm³/mol. The zero-order chi connectivity index (χ0) is 18.8. The molecule has 0 N–H and O–H groups in total. The summed E-state index contributed by atoms with van der Waals surface area (Å²) >= 11 is 4.55. The molecule has 0 radical (unpaired) electrons. The Bertz CT molecular complexity index is 811. The second-order valence-electron chi connectivity index (χ2n) is 6.28. The Morgan fingerprint density at radius 3 is 2.72 bits per heavy atom. The van der Waals surface area contributed by atoms with Crippen LogP contribution in [-0.2, 0) is 16.1 Å². The average Bonchev–Trinajstić information content (AvgIpc) is 2.91. The van der Waals surface area contributed by atoms with Gasteiger partial charge < -0.3 is 13.8 Å². The predicted octanol–water partition coefficient (Wildman–Crippen LogP) is 3.97. The number of methoxy groups -OCH3 is 1. The van der Waals surface area contributed by atoms with E-state index < -0.39 is 22.1 Å². The third-order valence-electron chi connectivity index (χ3n) is 3.33. The molecule has 0 aliphatic heterocycles. The molecule has 25 heavy (non-hydrogen) atoms. The van der Waals surface area contributed by atoms with Gasteiger partial charge in [-0.2, -0.15) is 0 Å². The number of aromatic nitrogens is 1. The molecule has 1 heterocycles. The monoisotopic (exact) mass is 382 g/mol. The molecular formula is C17H19ClN2O4S. The fraction of sp³-hybridized carbons (Fsp3) is 0.353. The van der Waals surface area contributed by atoms with Crippen LogP contribution in [0.3, 0.4) is 0 Å². The minimum atomic E-state index is -1.44. The number of halogens is 1. The zero-order valence-electron chi connectivity index (χ0n) is 14.6. The Morgan fingerprint density at radius 1 is 1.44 bits per heavy atom. The van der Waals surface area contributed by atoms with Gasteiger partial charge in [0, 0.05) is 10.6 Å². The first-order valence-corrected chi connectivity index (χ1v) is 8.94. The maximum atomic E-state index is 12.1. The van der Waals surface area contributed by atoms with Crippen LogP contribution in [0.15, 0.2) is 27.1 Å². The number of hydrogen-bond donors (Lipinski definition) is 0. The summed E-state index contributed by atoms with van der Waals surface area (Å²) in [7, 11) is 1.29. The lowest BCUT2D eigenvalue weighted by Gasteiger charge is -2.17. The fourth-order valence-corrected chi connectivity index (χ4v) is 2.75. The number of hydrogen-bond acceptors (Lipinski definition) is 6. The SMILES string of the molecule is COC(=O)c1cc(Cl)ccc1-c1c(C)noc1/C=N/[S@@+]([O-])C(C)(C)C. The standard InChI is InChI=1S/C17H19ClN2O4S/c1-10-15(12-7-6-11(18)8-13(12)16(21)23-5)14(24-20-10)9-19-25(22)17(2,3)4/h6-9H,1-5H3/b19-9+/t25-/m0/s1. The molecule has 8 heteroatoms. The summed E-state index contributed by atoms with van der Waals surface area (Å²) in [6.07, 6.45) is 1.37. The van der Waals surface area contributed by atoms with Crippen LogP contribution in [0.5, 0.6) is 0 Å². The summed E-state index contributed by atoms with van der Waals surface area (Å²) in [5.74, 6) is -0.221. The van der Waals surface area contributed by atoms with Crippen molar-refractivity contribution in [2.24, 2.45) is 4.40 Å². The van der Waals surface area contributed by atoms with Crippen LogP contribution in [0.25, 0.3) is 11.1 Å². The van der Waals surface area contributed by atoms with Gasteiger partial charge in [-0.05, 0) is 39.8 Å². The maximum Gasteiger partial charge on any atom is 0.338 e. The van der Waals surface area contributed by atoms with Gasteiger partial charge in [-0.1, -0.05) is 27.2 Å². The Balaban J connectivity index is 2.54. The highest BCUT2D eigenvalue weighted by molar-refractivity contribution is 7.91. The molecule has 2 aromatic rings. The van der Waals surface area contributed by atoms with E-state index in [-0.39, 0.29) is 5.56 Å². The molecule has 0 amide bonds. The van der Waals surface area contributed by atoms with E-state index in [9.17, 15) is 9.35 Å².